The van der Waals surface area contributed by atoms with E-state index in [1.807, 2.05) is 78.9 Å². The van der Waals surface area contributed by atoms with Crippen molar-refractivity contribution in [1.29, 1.82) is 0 Å². The fourth-order valence-electron chi connectivity index (χ4n) is 5.12. The highest BCUT2D eigenvalue weighted by molar-refractivity contribution is 5.88. The van der Waals surface area contributed by atoms with Gasteiger partial charge in [-0.15, -0.1) is 0 Å². The van der Waals surface area contributed by atoms with Crippen molar-refractivity contribution in [2.75, 3.05) is 20.8 Å². The molecule has 2 amide bonds. The molecule has 212 valence electrons. The van der Waals surface area contributed by atoms with Gasteiger partial charge in [0.1, 0.15) is 23.3 Å². The molecule has 0 aromatic heterocycles. The first-order valence-corrected chi connectivity index (χ1v) is 14.1. The van der Waals surface area contributed by atoms with E-state index in [9.17, 15) is 9.59 Å². The molecule has 0 bridgehead atoms. The van der Waals surface area contributed by atoms with Gasteiger partial charge in [0.25, 0.3) is 0 Å². The summed E-state index contributed by atoms with van der Waals surface area (Å²) in [7, 11) is 3.25. The Morgan fingerprint density at radius 1 is 0.850 bits per heavy atom. The van der Waals surface area contributed by atoms with E-state index >= 15 is 0 Å². The first-order chi connectivity index (χ1) is 19.6. The molecule has 7 heteroatoms. The van der Waals surface area contributed by atoms with Gasteiger partial charge in [0.2, 0.25) is 11.8 Å². The zero-order chi connectivity index (χ0) is 28.2. The Labute approximate surface area is 237 Å². The number of methoxy groups -OCH3 is 2. The second-order valence-corrected chi connectivity index (χ2v) is 10.2. The van der Waals surface area contributed by atoms with E-state index in [1.165, 1.54) is 0 Å². The summed E-state index contributed by atoms with van der Waals surface area (Å²) in [6, 6.07) is 24.5. The molecule has 4 rings (SSSR count). The number of carbonyl (C=O) groups excluding carboxylic acids is 2. The lowest BCUT2D eigenvalue weighted by atomic mass is 10.0. The van der Waals surface area contributed by atoms with Gasteiger partial charge in [0, 0.05) is 25.4 Å². The lowest BCUT2D eigenvalue weighted by Gasteiger charge is -2.32. The highest BCUT2D eigenvalue weighted by Crippen LogP contribution is 2.22. The average Bonchev–Trinajstić information content (AvgIpc) is 3.51. The van der Waals surface area contributed by atoms with Gasteiger partial charge in [-0.05, 0) is 66.8 Å². The zero-order valence-corrected chi connectivity index (χ0v) is 23.5. The van der Waals surface area contributed by atoms with Gasteiger partial charge in [-0.1, -0.05) is 55.3 Å². The predicted octanol–water partition coefficient (Wildman–Crippen LogP) is 5.56. The van der Waals surface area contributed by atoms with Gasteiger partial charge in [-0.2, -0.15) is 0 Å². The van der Waals surface area contributed by atoms with Crippen LogP contribution in [-0.2, 0) is 22.6 Å². The molecule has 3 aromatic carbocycles. The Kier molecular flexibility index (Phi) is 10.8. The average molecular weight is 545 g/mol. The van der Waals surface area contributed by atoms with Gasteiger partial charge in [-0.25, -0.2) is 0 Å². The Morgan fingerprint density at radius 2 is 1.52 bits per heavy atom. The Hall–Kier alpha value is -4.00. The third kappa shape index (κ3) is 8.50. The number of amides is 2. The number of nitrogens with one attached hydrogen (secondary N) is 1. The van der Waals surface area contributed by atoms with Gasteiger partial charge >= 0.3 is 0 Å². The summed E-state index contributed by atoms with van der Waals surface area (Å²) in [5.41, 5.74) is 1.93. The van der Waals surface area contributed by atoms with E-state index in [1.54, 1.807) is 19.1 Å². The number of hydrogen-bond acceptors (Lipinski definition) is 5. The summed E-state index contributed by atoms with van der Waals surface area (Å²) in [4.78, 5) is 29.3. The van der Waals surface area contributed by atoms with Crippen LogP contribution >= 0.6 is 0 Å². The summed E-state index contributed by atoms with van der Waals surface area (Å²) < 4.78 is 16.5. The van der Waals surface area contributed by atoms with Crippen LogP contribution in [0.3, 0.4) is 0 Å². The minimum absolute atomic E-state index is 0.0800. The van der Waals surface area contributed by atoms with Crippen molar-refractivity contribution in [1.82, 2.24) is 10.2 Å². The highest BCUT2D eigenvalue weighted by Gasteiger charge is 2.32. The van der Waals surface area contributed by atoms with Gasteiger partial charge in [-0.3, -0.25) is 9.59 Å². The van der Waals surface area contributed by atoms with Crippen LogP contribution in [0, 0.1) is 0 Å². The SMILES string of the molecule is COc1ccc(OCCCC(=O)N(Cc2cccc(OC)c2)[C@H](Cc2ccccc2)C(=O)NC2CCCC2)cc1. The van der Waals surface area contributed by atoms with Crippen LogP contribution in [0.5, 0.6) is 17.2 Å². The van der Waals surface area contributed by atoms with Crippen LogP contribution in [0.25, 0.3) is 0 Å². The molecular formula is C33H40N2O5. The monoisotopic (exact) mass is 544 g/mol. The Bertz CT molecular complexity index is 1210. The second-order valence-electron chi connectivity index (χ2n) is 10.2. The summed E-state index contributed by atoms with van der Waals surface area (Å²) in [6.45, 7) is 0.702. The quantitative estimate of drug-likeness (QED) is 0.269. The van der Waals surface area contributed by atoms with Crippen LogP contribution < -0.4 is 19.5 Å². The van der Waals surface area contributed by atoms with Crippen molar-refractivity contribution in [3.05, 3.63) is 90.0 Å². The van der Waals surface area contributed by atoms with E-state index in [2.05, 4.69) is 5.32 Å². The maximum Gasteiger partial charge on any atom is 0.243 e. The van der Waals surface area contributed by atoms with Crippen LogP contribution in [0.15, 0.2) is 78.9 Å². The molecule has 1 fully saturated rings. The van der Waals surface area contributed by atoms with E-state index in [0.29, 0.717) is 31.7 Å². The first kappa shape index (κ1) is 29.0. The Balaban J connectivity index is 1.51. The molecular weight excluding hydrogens is 504 g/mol. The lowest BCUT2D eigenvalue weighted by Crippen LogP contribution is -2.52. The fourth-order valence-corrected chi connectivity index (χ4v) is 5.12. The number of rotatable bonds is 14. The molecule has 0 aliphatic heterocycles. The zero-order valence-electron chi connectivity index (χ0n) is 23.5. The molecule has 0 saturated heterocycles. The first-order valence-electron chi connectivity index (χ1n) is 14.1. The number of hydrogen-bond donors (Lipinski definition) is 1. The molecule has 1 N–H and O–H groups in total. The van der Waals surface area contributed by atoms with Crippen LogP contribution in [-0.4, -0.2) is 49.6 Å². The van der Waals surface area contributed by atoms with E-state index in [-0.39, 0.29) is 24.3 Å². The summed E-state index contributed by atoms with van der Waals surface area (Å²) in [6.07, 6.45) is 5.44. The van der Waals surface area contributed by atoms with Crippen molar-refractivity contribution in [2.45, 2.75) is 63.6 Å². The largest absolute Gasteiger partial charge is 0.497 e. The normalized spacial score (nSPS) is 13.8. The van der Waals surface area contributed by atoms with Gasteiger partial charge in [0.05, 0.1) is 20.8 Å². The van der Waals surface area contributed by atoms with Crippen molar-refractivity contribution in [3.8, 4) is 17.2 Å². The fraction of sp³-hybridized carbons (Fsp3) is 0.394. The minimum atomic E-state index is -0.635. The summed E-state index contributed by atoms with van der Waals surface area (Å²) in [5, 5.41) is 3.25. The van der Waals surface area contributed by atoms with E-state index < -0.39 is 6.04 Å². The van der Waals surface area contributed by atoms with Gasteiger partial charge < -0.3 is 24.4 Å². The third-order valence-electron chi connectivity index (χ3n) is 7.32. The standard InChI is InChI=1S/C33H40N2O5/c1-38-28-17-19-29(20-18-28)40-21-9-16-32(36)35(24-26-12-8-15-30(22-26)39-2)31(23-25-10-4-3-5-11-25)33(37)34-27-13-6-7-14-27/h3-5,8,10-12,15,17-20,22,27,31H,6-7,9,13-14,16,21,23-24H2,1-2H3,(H,34,37)/t31-/m1/s1. The lowest BCUT2D eigenvalue weighted by molar-refractivity contribution is -0.141. The molecule has 1 aliphatic rings. The molecule has 0 radical (unpaired) electrons. The predicted molar refractivity (Wildman–Crippen MR) is 156 cm³/mol. The number of carbonyl (C=O) groups is 2. The van der Waals surface area contributed by atoms with Crippen molar-refractivity contribution in [3.63, 3.8) is 0 Å². The van der Waals surface area contributed by atoms with Crippen molar-refractivity contribution in [2.24, 2.45) is 0 Å². The number of ether oxygens (including phenoxy) is 3. The van der Waals surface area contributed by atoms with Crippen LogP contribution in [0.2, 0.25) is 0 Å². The third-order valence-corrected chi connectivity index (χ3v) is 7.32. The number of benzene rings is 3. The Morgan fingerprint density at radius 3 is 2.23 bits per heavy atom. The van der Waals surface area contributed by atoms with Crippen molar-refractivity contribution < 1.29 is 23.8 Å². The summed E-state index contributed by atoms with van der Waals surface area (Å²) in [5.74, 6) is 2.02. The summed E-state index contributed by atoms with van der Waals surface area (Å²) >= 11 is 0. The maximum absolute atomic E-state index is 13.8. The van der Waals surface area contributed by atoms with Crippen LogP contribution in [0.1, 0.15) is 49.7 Å². The van der Waals surface area contributed by atoms with E-state index in [0.717, 1.165) is 48.3 Å². The molecule has 0 heterocycles. The second kappa shape index (κ2) is 15.0. The topological polar surface area (TPSA) is 77.1 Å². The van der Waals surface area contributed by atoms with Gasteiger partial charge in [0.15, 0.2) is 0 Å². The molecule has 1 aliphatic carbocycles. The van der Waals surface area contributed by atoms with Crippen molar-refractivity contribution >= 4 is 11.8 Å². The molecule has 1 atom stereocenters. The molecule has 0 unspecified atom stereocenters. The smallest absolute Gasteiger partial charge is 0.243 e. The molecule has 3 aromatic rings. The number of nitrogens with zero attached hydrogens (tertiary/aromatic N) is 1. The molecule has 1 saturated carbocycles. The molecule has 7 nitrogen and oxygen atoms in total. The maximum atomic E-state index is 13.8. The minimum Gasteiger partial charge on any atom is -0.497 e. The molecule has 0 spiro atoms. The van der Waals surface area contributed by atoms with Crippen LogP contribution in [0.4, 0.5) is 0 Å². The van der Waals surface area contributed by atoms with E-state index in [4.69, 9.17) is 14.2 Å². The molecule has 40 heavy (non-hydrogen) atoms. The highest BCUT2D eigenvalue weighted by atomic mass is 16.5.